The number of nitrogens with one attached hydrogen (secondary N) is 2. The number of methoxy groups -OCH3 is 1. The molecule has 7 heteroatoms. The lowest BCUT2D eigenvalue weighted by atomic mass is 10.2. The van der Waals surface area contributed by atoms with E-state index in [0.717, 1.165) is 18.1 Å². The molecule has 1 rings (SSSR count). The van der Waals surface area contributed by atoms with Gasteiger partial charge in [-0.25, -0.2) is 4.79 Å². The van der Waals surface area contributed by atoms with Gasteiger partial charge in [0.2, 0.25) is 5.91 Å². The molecular formula is C10H18N2O4S. The van der Waals surface area contributed by atoms with E-state index in [1.807, 2.05) is 11.8 Å². The smallest absolute Gasteiger partial charge is 0.334 e. The maximum Gasteiger partial charge on any atom is 0.334 e. The average molecular weight is 262 g/mol. The van der Waals surface area contributed by atoms with Crippen molar-refractivity contribution in [2.75, 3.05) is 31.7 Å². The van der Waals surface area contributed by atoms with Gasteiger partial charge in [0.1, 0.15) is 0 Å². The fraction of sp³-hybridized carbons (Fsp3) is 0.800. The van der Waals surface area contributed by atoms with E-state index in [0.29, 0.717) is 6.42 Å². The molecule has 1 amide bonds. The number of carbonyl (C=O) groups is 2. The van der Waals surface area contributed by atoms with Crippen LogP contribution in [0.3, 0.4) is 0 Å². The van der Waals surface area contributed by atoms with Gasteiger partial charge < -0.3 is 20.5 Å². The van der Waals surface area contributed by atoms with Crippen molar-refractivity contribution in [2.45, 2.75) is 18.6 Å². The van der Waals surface area contributed by atoms with Gasteiger partial charge in [-0.2, -0.15) is 11.8 Å². The minimum absolute atomic E-state index is 0.00449. The second-order valence-corrected chi connectivity index (χ2v) is 4.95. The predicted molar refractivity (Wildman–Crippen MR) is 65.2 cm³/mol. The molecule has 0 radical (unpaired) electrons. The van der Waals surface area contributed by atoms with Gasteiger partial charge in [-0.05, 0) is 0 Å². The van der Waals surface area contributed by atoms with E-state index in [2.05, 4.69) is 10.6 Å². The summed E-state index contributed by atoms with van der Waals surface area (Å²) in [4.78, 5) is 22.2. The van der Waals surface area contributed by atoms with Gasteiger partial charge in [0, 0.05) is 37.6 Å². The van der Waals surface area contributed by atoms with E-state index in [-0.39, 0.29) is 18.5 Å². The van der Waals surface area contributed by atoms with Crippen molar-refractivity contribution in [3.63, 3.8) is 0 Å². The first-order valence-electron chi connectivity index (χ1n) is 5.47. The summed E-state index contributed by atoms with van der Waals surface area (Å²) < 4.78 is 4.72. The number of thioether (sulfide) groups is 1. The molecule has 0 aliphatic carbocycles. The molecule has 1 saturated heterocycles. The molecule has 98 valence electrons. The molecule has 6 nitrogen and oxygen atoms in total. The predicted octanol–water partition coefficient (Wildman–Crippen LogP) is -0.703. The zero-order valence-electron chi connectivity index (χ0n) is 9.77. The second-order valence-electron chi connectivity index (χ2n) is 3.80. The molecular weight excluding hydrogens is 244 g/mol. The van der Waals surface area contributed by atoms with E-state index in [1.54, 1.807) is 0 Å². The van der Waals surface area contributed by atoms with Crippen LogP contribution in [0, 0.1) is 0 Å². The zero-order chi connectivity index (χ0) is 12.7. The topological polar surface area (TPSA) is 87.7 Å². The first kappa shape index (κ1) is 14.3. The van der Waals surface area contributed by atoms with Gasteiger partial charge in [-0.1, -0.05) is 0 Å². The Balaban J connectivity index is 2.21. The lowest BCUT2D eigenvalue weighted by Gasteiger charge is -2.22. The molecule has 0 aromatic carbocycles. The van der Waals surface area contributed by atoms with Gasteiger partial charge in [0.05, 0.1) is 6.54 Å². The largest absolute Gasteiger partial charge is 0.479 e. The Kier molecular flexibility index (Phi) is 6.31. The number of carboxylic acid groups (broad SMARTS) is 1. The van der Waals surface area contributed by atoms with Crippen LogP contribution in [-0.4, -0.2) is 60.8 Å². The highest BCUT2D eigenvalue weighted by atomic mass is 32.2. The summed E-state index contributed by atoms with van der Waals surface area (Å²) in [5, 5.41) is 14.5. The van der Waals surface area contributed by atoms with Crippen LogP contribution in [0.15, 0.2) is 0 Å². The molecule has 1 aliphatic heterocycles. The Labute approximate surface area is 104 Å². The average Bonchev–Trinajstić information content (AvgIpc) is 2.30. The molecule has 1 fully saturated rings. The third-order valence-electron chi connectivity index (χ3n) is 2.47. The summed E-state index contributed by atoms with van der Waals surface area (Å²) in [6, 6.07) is 0.180. The van der Waals surface area contributed by atoms with Gasteiger partial charge in [-0.15, -0.1) is 0 Å². The molecule has 0 saturated carbocycles. The normalized spacial score (nSPS) is 21.8. The minimum Gasteiger partial charge on any atom is -0.479 e. The van der Waals surface area contributed by atoms with Crippen molar-refractivity contribution in [2.24, 2.45) is 0 Å². The number of aliphatic carboxylic acids is 1. The zero-order valence-corrected chi connectivity index (χ0v) is 10.6. The summed E-state index contributed by atoms with van der Waals surface area (Å²) in [7, 11) is 1.31. The lowest BCUT2D eigenvalue weighted by Crippen LogP contribution is -2.43. The number of carbonyl (C=O) groups excluding carboxylic acids is 1. The monoisotopic (exact) mass is 262 g/mol. The van der Waals surface area contributed by atoms with Crippen LogP contribution in [0.5, 0.6) is 0 Å². The van der Waals surface area contributed by atoms with Crippen molar-refractivity contribution >= 4 is 23.6 Å². The number of ether oxygens (including phenoxy) is 1. The number of carboxylic acids is 1. The molecule has 2 atom stereocenters. The first-order chi connectivity index (χ1) is 8.13. The first-order valence-corrected chi connectivity index (χ1v) is 6.62. The third-order valence-corrected chi connectivity index (χ3v) is 3.61. The SMILES string of the molecule is COC(CNC(=O)CC1CSCCN1)C(=O)O. The molecule has 1 aliphatic rings. The van der Waals surface area contributed by atoms with Gasteiger partial charge >= 0.3 is 5.97 Å². The third kappa shape index (κ3) is 5.38. The highest BCUT2D eigenvalue weighted by Crippen LogP contribution is 2.09. The van der Waals surface area contributed by atoms with Crippen molar-refractivity contribution in [3.05, 3.63) is 0 Å². The fourth-order valence-electron chi connectivity index (χ4n) is 1.52. The Morgan fingerprint density at radius 1 is 1.65 bits per heavy atom. The maximum absolute atomic E-state index is 11.5. The highest BCUT2D eigenvalue weighted by molar-refractivity contribution is 7.99. The number of hydrogen-bond donors (Lipinski definition) is 3. The van der Waals surface area contributed by atoms with Crippen LogP contribution in [0.1, 0.15) is 6.42 Å². The van der Waals surface area contributed by atoms with Gasteiger partial charge in [0.25, 0.3) is 0 Å². The Hall–Kier alpha value is -0.790. The molecule has 17 heavy (non-hydrogen) atoms. The number of hydrogen-bond acceptors (Lipinski definition) is 5. The van der Waals surface area contributed by atoms with E-state index in [9.17, 15) is 9.59 Å². The van der Waals surface area contributed by atoms with Crippen molar-refractivity contribution in [1.82, 2.24) is 10.6 Å². The summed E-state index contributed by atoms with van der Waals surface area (Å²) in [6.07, 6.45) is -0.601. The lowest BCUT2D eigenvalue weighted by molar-refractivity contribution is -0.148. The second kappa shape index (κ2) is 7.52. The number of amides is 1. The summed E-state index contributed by atoms with van der Waals surface area (Å²) >= 11 is 1.82. The summed E-state index contributed by atoms with van der Waals surface area (Å²) in [5.74, 6) is 0.774. The van der Waals surface area contributed by atoms with E-state index in [4.69, 9.17) is 9.84 Å². The van der Waals surface area contributed by atoms with Crippen LogP contribution in [0.25, 0.3) is 0 Å². The van der Waals surface area contributed by atoms with Crippen LogP contribution in [0.2, 0.25) is 0 Å². The van der Waals surface area contributed by atoms with Crippen LogP contribution >= 0.6 is 11.8 Å². The fourth-order valence-corrected chi connectivity index (χ4v) is 2.47. The minimum atomic E-state index is -1.07. The van der Waals surface area contributed by atoms with E-state index < -0.39 is 12.1 Å². The summed E-state index contributed by atoms with van der Waals surface area (Å²) in [6.45, 7) is 0.920. The maximum atomic E-state index is 11.5. The molecule has 0 spiro atoms. The highest BCUT2D eigenvalue weighted by Gasteiger charge is 2.20. The standard InChI is InChI=1S/C10H18N2O4S/c1-16-8(10(14)15)5-12-9(13)4-7-6-17-3-2-11-7/h7-8,11H,2-6H2,1H3,(H,12,13)(H,14,15). The molecule has 3 N–H and O–H groups in total. The van der Waals surface area contributed by atoms with Crippen molar-refractivity contribution in [1.29, 1.82) is 0 Å². The molecule has 0 bridgehead atoms. The van der Waals surface area contributed by atoms with Gasteiger partial charge in [-0.3, -0.25) is 4.79 Å². The van der Waals surface area contributed by atoms with Crippen LogP contribution < -0.4 is 10.6 Å². The van der Waals surface area contributed by atoms with Crippen molar-refractivity contribution in [3.8, 4) is 0 Å². The van der Waals surface area contributed by atoms with Crippen molar-refractivity contribution < 1.29 is 19.4 Å². The molecule has 1 heterocycles. The van der Waals surface area contributed by atoms with Crippen LogP contribution in [-0.2, 0) is 14.3 Å². The van der Waals surface area contributed by atoms with E-state index >= 15 is 0 Å². The Bertz CT molecular complexity index is 269. The molecule has 0 aromatic rings. The Morgan fingerprint density at radius 2 is 2.41 bits per heavy atom. The number of rotatable bonds is 6. The van der Waals surface area contributed by atoms with Crippen LogP contribution in [0.4, 0.5) is 0 Å². The Morgan fingerprint density at radius 3 is 2.94 bits per heavy atom. The van der Waals surface area contributed by atoms with Gasteiger partial charge in [0.15, 0.2) is 6.10 Å². The molecule has 2 unspecified atom stereocenters. The van der Waals surface area contributed by atoms with E-state index in [1.165, 1.54) is 7.11 Å². The summed E-state index contributed by atoms with van der Waals surface area (Å²) in [5.41, 5.74) is 0. The molecule has 0 aromatic heterocycles. The quantitative estimate of drug-likeness (QED) is 0.586.